The highest BCUT2D eigenvalue weighted by Gasteiger charge is 2.15. The average molecular weight is 337 g/mol. The van der Waals surface area contributed by atoms with Gasteiger partial charge in [0.05, 0.1) is 17.0 Å². The van der Waals surface area contributed by atoms with Gasteiger partial charge < -0.3 is 5.32 Å². The number of thiazole rings is 1. The Balaban J connectivity index is 1.64. The SMILES string of the molecule is Cc1sc(N=Nc2ccc(NCc3ccccc3)cc2)[n+](C)c1C. The minimum Gasteiger partial charge on any atom is -0.381 e. The molecule has 5 heteroatoms. The number of aromatic nitrogens is 1. The van der Waals surface area contributed by atoms with Crippen LogP contribution in [0.15, 0.2) is 64.8 Å². The molecule has 1 heterocycles. The van der Waals surface area contributed by atoms with E-state index in [9.17, 15) is 0 Å². The highest BCUT2D eigenvalue weighted by atomic mass is 32.1. The van der Waals surface area contributed by atoms with Gasteiger partial charge in [0, 0.05) is 12.2 Å². The molecule has 0 saturated carbocycles. The van der Waals surface area contributed by atoms with Gasteiger partial charge in [-0.1, -0.05) is 30.3 Å². The molecule has 24 heavy (non-hydrogen) atoms. The monoisotopic (exact) mass is 337 g/mol. The van der Waals surface area contributed by atoms with Crippen molar-refractivity contribution in [2.24, 2.45) is 17.3 Å². The molecule has 2 aromatic carbocycles. The van der Waals surface area contributed by atoms with Gasteiger partial charge >= 0.3 is 5.13 Å². The van der Waals surface area contributed by atoms with Crippen LogP contribution in [-0.4, -0.2) is 0 Å². The van der Waals surface area contributed by atoms with E-state index in [0.29, 0.717) is 0 Å². The molecule has 1 N–H and O–H groups in total. The van der Waals surface area contributed by atoms with Gasteiger partial charge in [-0.25, -0.2) is 4.57 Å². The second kappa shape index (κ2) is 7.36. The Morgan fingerprint density at radius 3 is 2.29 bits per heavy atom. The molecule has 4 nitrogen and oxygen atoms in total. The molecule has 122 valence electrons. The minimum absolute atomic E-state index is 0.811. The number of nitrogens with zero attached hydrogens (tertiary/aromatic N) is 3. The van der Waals surface area contributed by atoms with Crippen LogP contribution in [0.1, 0.15) is 16.1 Å². The van der Waals surface area contributed by atoms with Gasteiger partial charge in [0.1, 0.15) is 11.4 Å². The maximum Gasteiger partial charge on any atom is 0.408 e. The number of rotatable bonds is 5. The smallest absolute Gasteiger partial charge is 0.381 e. The molecule has 3 aromatic rings. The van der Waals surface area contributed by atoms with Crippen molar-refractivity contribution in [3.05, 3.63) is 70.7 Å². The first-order valence-electron chi connectivity index (χ1n) is 7.89. The van der Waals surface area contributed by atoms with Crippen LogP contribution in [0.25, 0.3) is 0 Å². The van der Waals surface area contributed by atoms with Crippen LogP contribution in [0.3, 0.4) is 0 Å². The van der Waals surface area contributed by atoms with Crippen LogP contribution >= 0.6 is 11.3 Å². The largest absolute Gasteiger partial charge is 0.408 e. The van der Waals surface area contributed by atoms with Crippen molar-refractivity contribution in [1.82, 2.24) is 0 Å². The summed E-state index contributed by atoms with van der Waals surface area (Å²) in [5.41, 5.74) is 4.42. The minimum atomic E-state index is 0.811. The van der Waals surface area contributed by atoms with E-state index in [-0.39, 0.29) is 0 Å². The van der Waals surface area contributed by atoms with Crippen molar-refractivity contribution in [2.75, 3.05) is 5.32 Å². The summed E-state index contributed by atoms with van der Waals surface area (Å²) in [5.74, 6) is 0. The number of hydrogen-bond acceptors (Lipinski definition) is 4. The molecule has 0 atom stereocenters. The third kappa shape index (κ3) is 3.86. The van der Waals surface area contributed by atoms with Gasteiger partial charge in [-0.15, -0.1) is 0 Å². The zero-order valence-corrected chi connectivity index (χ0v) is 15.0. The first-order valence-corrected chi connectivity index (χ1v) is 8.71. The van der Waals surface area contributed by atoms with Gasteiger partial charge in [0.15, 0.2) is 0 Å². The fourth-order valence-corrected chi connectivity index (χ4v) is 3.21. The molecule has 0 radical (unpaired) electrons. The third-order valence-electron chi connectivity index (χ3n) is 4.00. The molecule has 0 bridgehead atoms. The molecule has 0 aliphatic rings. The Labute approximate surface area is 146 Å². The number of aryl methyl sites for hydroxylation is 1. The van der Waals surface area contributed by atoms with Crippen molar-refractivity contribution in [1.29, 1.82) is 0 Å². The molecular weight excluding hydrogens is 316 g/mol. The van der Waals surface area contributed by atoms with E-state index in [0.717, 1.165) is 23.1 Å². The fourth-order valence-electron chi connectivity index (χ4n) is 2.29. The maximum atomic E-state index is 4.37. The number of nitrogens with one attached hydrogen (secondary N) is 1. The Morgan fingerprint density at radius 2 is 1.67 bits per heavy atom. The quantitative estimate of drug-likeness (QED) is 0.503. The number of azo groups is 1. The van der Waals surface area contributed by atoms with Crippen molar-refractivity contribution in [3.8, 4) is 0 Å². The van der Waals surface area contributed by atoms with Crippen molar-refractivity contribution in [2.45, 2.75) is 20.4 Å². The van der Waals surface area contributed by atoms with Crippen LogP contribution in [0.5, 0.6) is 0 Å². The van der Waals surface area contributed by atoms with Crippen LogP contribution < -0.4 is 9.88 Å². The van der Waals surface area contributed by atoms with Crippen molar-refractivity contribution >= 4 is 27.8 Å². The standard InChI is InChI=1S/C19H20N4S/c1-14-15(2)24-19(23(14)3)22-21-18-11-9-17(10-12-18)20-13-16-7-5-4-6-8-16/h4-12H,13H2,1-3H3/p+1. The normalized spacial score (nSPS) is 11.1. The van der Waals surface area contributed by atoms with Crippen molar-refractivity contribution in [3.63, 3.8) is 0 Å². The van der Waals surface area contributed by atoms with Crippen LogP contribution in [0.4, 0.5) is 16.5 Å². The first kappa shape index (κ1) is 16.3. The van der Waals surface area contributed by atoms with Crippen LogP contribution in [-0.2, 0) is 13.6 Å². The fraction of sp³-hybridized carbons (Fsp3) is 0.211. The summed E-state index contributed by atoms with van der Waals surface area (Å²) in [5, 5.41) is 13.0. The molecule has 1 aromatic heterocycles. The van der Waals surface area contributed by atoms with Gasteiger partial charge in [0.2, 0.25) is 0 Å². The molecule has 0 saturated heterocycles. The lowest BCUT2D eigenvalue weighted by Crippen LogP contribution is -2.28. The Hall–Kier alpha value is -2.53. The summed E-state index contributed by atoms with van der Waals surface area (Å²) < 4.78 is 2.07. The van der Waals surface area contributed by atoms with Crippen LogP contribution in [0.2, 0.25) is 0 Å². The van der Waals surface area contributed by atoms with E-state index in [1.807, 2.05) is 37.4 Å². The lowest BCUT2D eigenvalue weighted by molar-refractivity contribution is -0.660. The highest BCUT2D eigenvalue weighted by Crippen LogP contribution is 2.24. The molecule has 0 unspecified atom stereocenters. The van der Waals surface area contributed by atoms with E-state index in [1.54, 1.807) is 11.3 Å². The van der Waals surface area contributed by atoms with E-state index < -0.39 is 0 Å². The summed E-state index contributed by atoms with van der Waals surface area (Å²) in [6.45, 7) is 5.01. The molecule has 0 fully saturated rings. The first-order chi connectivity index (χ1) is 11.6. The van der Waals surface area contributed by atoms with Gasteiger partial charge in [-0.3, -0.25) is 0 Å². The zero-order valence-electron chi connectivity index (χ0n) is 14.2. The summed E-state index contributed by atoms with van der Waals surface area (Å²) in [6.07, 6.45) is 0. The maximum absolute atomic E-state index is 4.37. The van der Waals surface area contributed by atoms with Gasteiger partial charge in [0.25, 0.3) is 0 Å². The lowest BCUT2D eigenvalue weighted by Gasteiger charge is -2.05. The molecule has 0 aliphatic heterocycles. The Morgan fingerprint density at radius 1 is 0.958 bits per heavy atom. The Kier molecular flexibility index (Phi) is 5.01. The lowest BCUT2D eigenvalue weighted by atomic mass is 10.2. The number of anilines is 1. The predicted molar refractivity (Wildman–Crippen MR) is 99.4 cm³/mol. The number of hydrogen-bond donors (Lipinski definition) is 1. The molecule has 0 aliphatic carbocycles. The molecule has 0 amide bonds. The Bertz CT molecular complexity index is 836. The van der Waals surface area contributed by atoms with Crippen LogP contribution in [0, 0.1) is 13.8 Å². The second-order valence-corrected chi connectivity index (χ2v) is 6.85. The van der Waals surface area contributed by atoms with E-state index in [2.05, 4.69) is 58.2 Å². The van der Waals surface area contributed by atoms with Gasteiger partial charge in [-0.05, 0) is 60.1 Å². The third-order valence-corrected chi connectivity index (χ3v) is 5.14. The topological polar surface area (TPSA) is 40.6 Å². The number of benzene rings is 2. The van der Waals surface area contributed by atoms with E-state index >= 15 is 0 Å². The highest BCUT2D eigenvalue weighted by molar-refractivity contribution is 7.14. The molecular formula is C19H21N4S+. The van der Waals surface area contributed by atoms with Gasteiger partial charge in [-0.2, -0.15) is 0 Å². The molecule has 0 spiro atoms. The van der Waals surface area contributed by atoms with E-state index in [4.69, 9.17) is 0 Å². The summed E-state index contributed by atoms with van der Waals surface area (Å²) in [7, 11) is 2.02. The summed E-state index contributed by atoms with van der Waals surface area (Å²) in [4.78, 5) is 1.27. The predicted octanol–water partition coefficient (Wildman–Crippen LogP) is 5.22. The summed E-state index contributed by atoms with van der Waals surface area (Å²) in [6, 6.07) is 18.4. The van der Waals surface area contributed by atoms with Crippen molar-refractivity contribution < 1.29 is 4.57 Å². The van der Waals surface area contributed by atoms with E-state index in [1.165, 1.54) is 16.1 Å². The molecule has 3 rings (SSSR count). The summed E-state index contributed by atoms with van der Waals surface area (Å²) >= 11 is 1.66. The zero-order chi connectivity index (χ0) is 16.9. The average Bonchev–Trinajstić information content (AvgIpc) is 2.87. The second-order valence-electron chi connectivity index (χ2n) is 5.67.